The molecule has 0 atom stereocenters. The molecule has 7 heteroatoms. The van der Waals surface area contributed by atoms with Crippen molar-refractivity contribution >= 4 is 22.1 Å². The molecule has 1 saturated carbocycles. The molecule has 0 heterocycles. The summed E-state index contributed by atoms with van der Waals surface area (Å²) in [4.78, 5) is 11.8. The number of hydrogen-bond acceptors (Lipinski definition) is 4. The van der Waals surface area contributed by atoms with Crippen LogP contribution in [0.2, 0.25) is 0 Å². The number of hydrazine groups is 1. The second-order valence-electron chi connectivity index (χ2n) is 8.36. The fourth-order valence-electron chi connectivity index (χ4n) is 4.19. The van der Waals surface area contributed by atoms with E-state index in [1.807, 2.05) is 37.2 Å². The zero-order valence-corrected chi connectivity index (χ0v) is 18.8. The Morgan fingerprint density at radius 1 is 1.10 bits per heavy atom. The first-order valence-corrected chi connectivity index (χ1v) is 12.2. The molecule has 1 fully saturated rings. The molecule has 6 nitrogen and oxygen atoms in total. The van der Waals surface area contributed by atoms with Gasteiger partial charge in [0, 0.05) is 19.3 Å². The molecule has 0 bridgehead atoms. The van der Waals surface area contributed by atoms with Crippen LogP contribution in [-0.2, 0) is 21.4 Å². The van der Waals surface area contributed by atoms with Gasteiger partial charge in [-0.3, -0.25) is 14.5 Å². The lowest BCUT2D eigenvalue weighted by atomic mass is 10.00. The van der Waals surface area contributed by atoms with Gasteiger partial charge in [-0.15, -0.1) is 0 Å². The first-order valence-electron chi connectivity index (χ1n) is 10.4. The van der Waals surface area contributed by atoms with Crippen molar-refractivity contribution in [2.24, 2.45) is 5.92 Å². The van der Waals surface area contributed by atoms with E-state index in [2.05, 4.69) is 22.9 Å². The van der Waals surface area contributed by atoms with Gasteiger partial charge in [-0.25, -0.2) is 13.4 Å². The van der Waals surface area contributed by atoms with Gasteiger partial charge in [0.25, 0.3) is 0 Å². The number of benzene rings is 2. The van der Waals surface area contributed by atoms with E-state index in [1.165, 1.54) is 25.7 Å². The lowest BCUT2D eigenvalue weighted by Crippen LogP contribution is -2.40. The molecular weight excluding hydrogens is 398 g/mol. The van der Waals surface area contributed by atoms with Crippen molar-refractivity contribution in [1.29, 1.82) is 0 Å². The molecule has 162 valence electrons. The standard InChI is InChI=1S/C23H31N3O3S/c1-18-11-20(16-26(17-27)25(2)15-19-7-4-5-8-19)13-22(12-18)21-9-6-10-23(14-21)24-30(3,28)29/h6,9-14,17,19,24H,4-5,7-8,15-16H2,1-3H3. The van der Waals surface area contributed by atoms with Crippen LogP contribution in [0.3, 0.4) is 0 Å². The fourth-order valence-corrected chi connectivity index (χ4v) is 4.75. The minimum atomic E-state index is -3.33. The molecular formula is C23H31N3O3S. The Balaban J connectivity index is 1.79. The van der Waals surface area contributed by atoms with Gasteiger partial charge in [0.15, 0.2) is 0 Å². The number of aryl methyl sites for hydroxylation is 1. The van der Waals surface area contributed by atoms with Crippen LogP contribution >= 0.6 is 0 Å². The number of hydrogen-bond donors (Lipinski definition) is 1. The van der Waals surface area contributed by atoms with E-state index in [1.54, 1.807) is 11.1 Å². The molecule has 1 N–H and O–H groups in total. The van der Waals surface area contributed by atoms with E-state index in [9.17, 15) is 13.2 Å². The van der Waals surface area contributed by atoms with Gasteiger partial charge in [0.05, 0.1) is 12.8 Å². The van der Waals surface area contributed by atoms with Gasteiger partial charge in [-0.1, -0.05) is 42.7 Å². The molecule has 0 aliphatic heterocycles. The Bertz CT molecular complexity index is 985. The van der Waals surface area contributed by atoms with Crippen LogP contribution in [0.15, 0.2) is 42.5 Å². The van der Waals surface area contributed by atoms with Crippen LogP contribution in [0.5, 0.6) is 0 Å². The maximum atomic E-state index is 11.8. The second-order valence-corrected chi connectivity index (χ2v) is 10.1. The Labute approximate surface area is 179 Å². The normalized spacial score (nSPS) is 14.8. The van der Waals surface area contributed by atoms with Gasteiger partial charge in [-0.2, -0.15) is 0 Å². The highest BCUT2D eigenvalue weighted by Gasteiger charge is 2.20. The van der Waals surface area contributed by atoms with Gasteiger partial charge in [0.1, 0.15) is 0 Å². The first-order chi connectivity index (χ1) is 14.2. The minimum Gasteiger partial charge on any atom is -0.284 e. The molecule has 0 radical (unpaired) electrons. The molecule has 3 rings (SSSR count). The number of nitrogens with zero attached hydrogens (tertiary/aromatic N) is 2. The lowest BCUT2D eigenvalue weighted by Gasteiger charge is -2.30. The summed E-state index contributed by atoms with van der Waals surface area (Å²) in [6.45, 7) is 3.43. The van der Waals surface area contributed by atoms with E-state index in [0.29, 0.717) is 18.2 Å². The quantitative estimate of drug-likeness (QED) is 0.483. The van der Waals surface area contributed by atoms with Gasteiger partial charge in [0.2, 0.25) is 16.4 Å². The number of carbonyl (C=O) groups is 1. The maximum absolute atomic E-state index is 11.8. The molecule has 2 aromatic rings. The Morgan fingerprint density at radius 2 is 1.83 bits per heavy atom. The molecule has 1 amide bonds. The number of sulfonamides is 1. The molecule has 30 heavy (non-hydrogen) atoms. The molecule has 0 aromatic heterocycles. The Hall–Kier alpha value is -2.38. The average Bonchev–Trinajstić information content (AvgIpc) is 3.17. The molecule has 0 spiro atoms. The molecule has 2 aromatic carbocycles. The predicted octanol–water partition coefficient (Wildman–Crippen LogP) is 4.03. The summed E-state index contributed by atoms with van der Waals surface area (Å²) in [5.41, 5.74) is 4.57. The molecule has 0 saturated heterocycles. The van der Waals surface area contributed by atoms with Crippen molar-refractivity contribution in [3.05, 3.63) is 53.6 Å². The minimum absolute atomic E-state index is 0.503. The summed E-state index contributed by atoms with van der Waals surface area (Å²) in [7, 11) is -1.36. The average molecular weight is 430 g/mol. The van der Waals surface area contributed by atoms with E-state index >= 15 is 0 Å². The largest absolute Gasteiger partial charge is 0.284 e. The molecule has 1 aliphatic rings. The van der Waals surface area contributed by atoms with Crippen LogP contribution in [0.25, 0.3) is 11.1 Å². The molecule has 1 aliphatic carbocycles. The highest BCUT2D eigenvalue weighted by Crippen LogP contribution is 2.27. The van der Waals surface area contributed by atoms with Crippen LogP contribution < -0.4 is 4.72 Å². The zero-order chi connectivity index (χ0) is 21.7. The lowest BCUT2D eigenvalue weighted by molar-refractivity contribution is -0.134. The van der Waals surface area contributed by atoms with Crippen molar-refractivity contribution in [3.8, 4) is 11.1 Å². The first kappa shape index (κ1) is 22.3. The highest BCUT2D eigenvalue weighted by molar-refractivity contribution is 7.92. The van der Waals surface area contributed by atoms with Crippen LogP contribution in [0.1, 0.15) is 36.8 Å². The van der Waals surface area contributed by atoms with Crippen LogP contribution in [-0.4, -0.2) is 44.7 Å². The fraction of sp³-hybridized carbons (Fsp3) is 0.435. The maximum Gasteiger partial charge on any atom is 0.229 e. The van der Waals surface area contributed by atoms with E-state index in [4.69, 9.17) is 0 Å². The number of nitrogens with one attached hydrogen (secondary N) is 1. The Morgan fingerprint density at radius 3 is 2.50 bits per heavy atom. The van der Waals surface area contributed by atoms with Gasteiger partial charge < -0.3 is 0 Å². The van der Waals surface area contributed by atoms with E-state index in [-0.39, 0.29) is 0 Å². The summed E-state index contributed by atoms with van der Waals surface area (Å²) in [6, 6.07) is 13.6. The zero-order valence-electron chi connectivity index (χ0n) is 18.0. The number of amides is 1. The predicted molar refractivity (Wildman–Crippen MR) is 121 cm³/mol. The number of rotatable bonds is 9. The number of carbonyl (C=O) groups excluding carboxylic acids is 1. The Kier molecular flexibility index (Phi) is 7.15. The third-order valence-electron chi connectivity index (χ3n) is 5.54. The monoisotopic (exact) mass is 429 g/mol. The summed E-state index contributed by atoms with van der Waals surface area (Å²) < 4.78 is 25.6. The summed E-state index contributed by atoms with van der Waals surface area (Å²) in [5.74, 6) is 0.663. The summed E-state index contributed by atoms with van der Waals surface area (Å²) in [5, 5.41) is 3.76. The molecule has 0 unspecified atom stereocenters. The van der Waals surface area contributed by atoms with Crippen molar-refractivity contribution in [1.82, 2.24) is 10.0 Å². The smallest absolute Gasteiger partial charge is 0.229 e. The van der Waals surface area contributed by atoms with Crippen molar-refractivity contribution in [3.63, 3.8) is 0 Å². The van der Waals surface area contributed by atoms with Crippen molar-refractivity contribution in [2.75, 3.05) is 24.6 Å². The summed E-state index contributed by atoms with van der Waals surface area (Å²) >= 11 is 0. The van der Waals surface area contributed by atoms with E-state index in [0.717, 1.165) is 41.5 Å². The topological polar surface area (TPSA) is 69.7 Å². The highest BCUT2D eigenvalue weighted by atomic mass is 32.2. The summed E-state index contributed by atoms with van der Waals surface area (Å²) in [6.07, 6.45) is 7.09. The van der Waals surface area contributed by atoms with Crippen molar-refractivity contribution < 1.29 is 13.2 Å². The third kappa shape index (κ3) is 6.31. The van der Waals surface area contributed by atoms with E-state index < -0.39 is 10.0 Å². The van der Waals surface area contributed by atoms with Gasteiger partial charge in [-0.05, 0) is 60.6 Å². The van der Waals surface area contributed by atoms with Crippen molar-refractivity contribution in [2.45, 2.75) is 39.2 Å². The third-order valence-corrected chi connectivity index (χ3v) is 6.14. The van der Waals surface area contributed by atoms with Crippen LogP contribution in [0.4, 0.5) is 5.69 Å². The SMILES string of the molecule is Cc1cc(CN(C=O)N(C)CC2CCCC2)cc(-c2cccc(NS(C)(=O)=O)c2)c1. The van der Waals surface area contributed by atoms with Crippen LogP contribution in [0, 0.1) is 12.8 Å². The van der Waals surface area contributed by atoms with Gasteiger partial charge >= 0.3 is 0 Å². The number of anilines is 1. The second kappa shape index (κ2) is 9.62.